The lowest BCUT2D eigenvalue weighted by atomic mass is 10.1. The second-order valence-electron chi connectivity index (χ2n) is 3.78. The van der Waals surface area contributed by atoms with Gasteiger partial charge in [-0.3, -0.25) is 0 Å². The van der Waals surface area contributed by atoms with Gasteiger partial charge >= 0.3 is 5.63 Å². The Balaban J connectivity index is 3.09. The average Bonchev–Trinajstić information content (AvgIpc) is 2.29. The van der Waals surface area contributed by atoms with Crippen molar-refractivity contribution in [1.82, 2.24) is 0 Å². The van der Waals surface area contributed by atoms with Gasteiger partial charge in [-0.05, 0) is 30.4 Å². The fourth-order valence-electron chi connectivity index (χ4n) is 1.83. The summed E-state index contributed by atoms with van der Waals surface area (Å²) in [6.45, 7) is 5.05. The molecule has 92 valence electrons. The molecule has 0 aliphatic heterocycles. The van der Waals surface area contributed by atoms with E-state index in [9.17, 15) is 9.18 Å². The molecule has 3 nitrogen and oxygen atoms in total. The molecular weight excluding hydrogens is 235 g/mol. The second-order valence-corrected chi connectivity index (χ2v) is 3.78. The molecule has 2 rings (SSSR count). The van der Waals surface area contributed by atoms with Gasteiger partial charge in [0, 0.05) is 11.5 Å². The minimum atomic E-state index is -0.642. The molecule has 1 heterocycles. The molecule has 2 aromatic rings. The smallest absolute Gasteiger partial charge is 0.344 e. The van der Waals surface area contributed by atoms with Gasteiger partial charge in [-0.1, -0.05) is 12.7 Å². The summed E-state index contributed by atoms with van der Waals surface area (Å²) in [7, 11) is 0. The number of fused-ring (bicyclic) bond motifs is 1. The Morgan fingerprint density at radius 3 is 2.78 bits per heavy atom. The Morgan fingerprint density at radius 1 is 1.44 bits per heavy atom. The van der Waals surface area contributed by atoms with Crippen molar-refractivity contribution in [2.24, 2.45) is 0 Å². The number of allylic oxidation sites excluding steroid dienone is 1. The third kappa shape index (κ3) is 2.05. The van der Waals surface area contributed by atoms with Crippen LogP contribution in [0.25, 0.3) is 23.1 Å². The largest absolute Gasteiger partial charge is 0.509 e. The Bertz CT molecular complexity index is 800. The molecule has 0 radical (unpaired) electrons. The molecule has 0 aliphatic rings. The van der Waals surface area contributed by atoms with E-state index in [1.807, 2.05) is 0 Å². The number of hydrogen-bond donors (Lipinski definition) is 1. The molecule has 0 spiro atoms. The van der Waals surface area contributed by atoms with Crippen molar-refractivity contribution in [3.63, 3.8) is 0 Å². The van der Waals surface area contributed by atoms with Crippen LogP contribution in [0.3, 0.4) is 0 Å². The fourth-order valence-corrected chi connectivity index (χ4v) is 1.83. The van der Waals surface area contributed by atoms with E-state index in [4.69, 9.17) is 9.52 Å². The Morgan fingerprint density at radius 2 is 2.17 bits per heavy atom. The maximum Gasteiger partial charge on any atom is 0.344 e. The van der Waals surface area contributed by atoms with Crippen molar-refractivity contribution < 1.29 is 13.9 Å². The van der Waals surface area contributed by atoms with Crippen LogP contribution in [0.1, 0.15) is 6.92 Å². The molecule has 0 saturated carbocycles. The van der Waals surface area contributed by atoms with Crippen LogP contribution in [0.2, 0.25) is 0 Å². The lowest BCUT2D eigenvalue weighted by molar-refractivity contribution is 0.443. The first-order valence-corrected chi connectivity index (χ1v) is 5.31. The van der Waals surface area contributed by atoms with Crippen LogP contribution in [0.4, 0.5) is 4.39 Å². The molecule has 1 aromatic carbocycles. The Hall–Kier alpha value is -2.36. The van der Waals surface area contributed by atoms with Gasteiger partial charge in [0.05, 0.1) is 5.22 Å². The van der Waals surface area contributed by atoms with E-state index in [0.717, 1.165) is 6.07 Å². The maximum atomic E-state index is 13.1. The van der Waals surface area contributed by atoms with Crippen LogP contribution in [-0.4, -0.2) is 5.11 Å². The first-order chi connectivity index (χ1) is 8.52. The van der Waals surface area contributed by atoms with Crippen molar-refractivity contribution in [2.75, 3.05) is 0 Å². The minimum absolute atomic E-state index is 0.175. The number of benzene rings is 1. The molecule has 4 heteroatoms. The normalized spacial score (nSPS) is 13.2. The Labute approximate surface area is 102 Å². The summed E-state index contributed by atoms with van der Waals surface area (Å²) in [5, 5.41) is 10.5. The summed E-state index contributed by atoms with van der Waals surface area (Å²) in [6, 6.07) is 3.97. The van der Waals surface area contributed by atoms with Crippen molar-refractivity contribution in [3.8, 4) is 0 Å². The summed E-state index contributed by atoms with van der Waals surface area (Å²) in [5.41, 5.74) is -0.467. The quantitative estimate of drug-likeness (QED) is 0.614. The highest BCUT2D eigenvalue weighted by molar-refractivity contribution is 5.78. The van der Waals surface area contributed by atoms with Gasteiger partial charge in [-0.15, -0.1) is 0 Å². The third-order valence-electron chi connectivity index (χ3n) is 2.55. The van der Waals surface area contributed by atoms with Gasteiger partial charge in [0.2, 0.25) is 0 Å². The zero-order valence-corrected chi connectivity index (χ0v) is 9.74. The third-order valence-corrected chi connectivity index (χ3v) is 2.55. The van der Waals surface area contributed by atoms with Crippen molar-refractivity contribution in [2.45, 2.75) is 6.92 Å². The number of aliphatic hydroxyl groups is 1. The summed E-state index contributed by atoms with van der Waals surface area (Å²) >= 11 is 0. The van der Waals surface area contributed by atoms with Crippen LogP contribution < -0.4 is 16.1 Å². The lowest BCUT2D eigenvalue weighted by Crippen LogP contribution is -2.38. The molecule has 0 saturated heterocycles. The Kier molecular flexibility index (Phi) is 3.02. The number of aliphatic hydroxyl groups excluding tert-OH is 1. The van der Waals surface area contributed by atoms with Crippen LogP contribution in [-0.2, 0) is 0 Å². The highest BCUT2D eigenvalue weighted by Gasteiger charge is 2.04. The molecule has 0 fully saturated rings. The van der Waals surface area contributed by atoms with Gasteiger partial charge in [-0.2, -0.15) is 0 Å². The van der Waals surface area contributed by atoms with E-state index in [0.29, 0.717) is 10.6 Å². The van der Waals surface area contributed by atoms with Crippen LogP contribution in [0.15, 0.2) is 39.7 Å². The standard InChI is InChI=1S/C14H11FO3/c1-3-10-11-5-4-9(15)7-13(11)18-14(17)12(10)6-8(2)16/h3-7,16H,2H2,1H3/b10-3-,12-6+. The monoisotopic (exact) mass is 246 g/mol. The molecule has 0 bridgehead atoms. The van der Waals surface area contributed by atoms with Gasteiger partial charge in [0.1, 0.15) is 17.2 Å². The zero-order valence-electron chi connectivity index (χ0n) is 9.74. The number of halogens is 1. The summed E-state index contributed by atoms with van der Waals surface area (Å²) < 4.78 is 18.1. The molecule has 1 aromatic heterocycles. The number of hydrogen-bond acceptors (Lipinski definition) is 3. The van der Waals surface area contributed by atoms with Crippen molar-refractivity contribution >= 4 is 23.1 Å². The van der Waals surface area contributed by atoms with E-state index in [1.54, 1.807) is 13.0 Å². The number of rotatable bonds is 1. The molecule has 18 heavy (non-hydrogen) atoms. The van der Waals surface area contributed by atoms with E-state index >= 15 is 0 Å². The second kappa shape index (κ2) is 4.49. The van der Waals surface area contributed by atoms with E-state index in [2.05, 4.69) is 6.58 Å². The molecule has 0 atom stereocenters. The first-order valence-electron chi connectivity index (χ1n) is 5.31. The van der Waals surface area contributed by atoms with Gasteiger partial charge < -0.3 is 9.52 Å². The summed E-state index contributed by atoms with van der Waals surface area (Å²) in [5.74, 6) is -0.720. The molecular formula is C14H11FO3. The molecule has 0 unspecified atom stereocenters. The molecule has 0 aliphatic carbocycles. The van der Waals surface area contributed by atoms with Crippen LogP contribution in [0, 0.1) is 5.82 Å². The van der Waals surface area contributed by atoms with E-state index in [-0.39, 0.29) is 16.6 Å². The van der Waals surface area contributed by atoms with Crippen LogP contribution >= 0.6 is 0 Å². The molecule has 0 amide bonds. The van der Waals surface area contributed by atoms with E-state index in [1.165, 1.54) is 18.2 Å². The first kappa shape index (κ1) is 12.1. The predicted octanol–water partition coefficient (Wildman–Crippen LogP) is 1.58. The van der Waals surface area contributed by atoms with Gasteiger partial charge in [0.15, 0.2) is 0 Å². The summed E-state index contributed by atoms with van der Waals surface area (Å²) in [6.07, 6.45) is 2.93. The lowest BCUT2D eigenvalue weighted by Gasteiger charge is -1.99. The highest BCUT2D eigenvalue weighted by atomic mass is 19.1. The summed E-state index contributed by atoms with van der Waals surface area (Å²) in [4.78, 5) is 11.8. The highest BCUT2D eigenvalue weighted by Crippen LogP contribution is 2.08. The van der Waals surface area contributed by atoms with Gasteiger partial charge in [-0.25, -0.2) is 9.18 Å². The SMILES string of the molecule is C=C(O)/C=c1/c(=O)oc2cc(F)ccc2/c1=C/C. The van der Waals surface area contributed by atoms with Crippen molar-refractivity contribution in [3.05, 3.63) is 57.2 Å². The minimum Gasteiger partial charge on any atom is -0.509 e. The fraction of sp³-hybridized carbons (Fsp3) is 0.0714. The zero-order chi connectivity index (χ0) is 13.3. The average molecular weight is 246 g/mol. The molecule has 1 N–H and O–H groups in total. The topological polar surface area (TPSA) is 50.4 Å². The van der Waals surface area contributed by atoms with E-state index < -0.39 is 11.4 Å². The van der Waals surface area contributed by atoms with Gasteiger partial charge in [0.25, 0.3) is 0 Å². The van der Waals surface area contributed by atoms with Crippen molar-refractivity contribution in [1.29, 1.82) is 0 Å². The maximum absolute atomic E-state index is 13.1. The van der Waals surface area contributed by atoms with Crippen LogP contribution in [0.5, 0.6) is 0 Å². The predicted molar refractivity (Wildman–Crippen MR) is 68.1 cm³/mol.